The minimum Gasteiger partial charge on any atom is -0.320 e. The molecule has 1 amide bonds. The standard InChI is InChI=1S/C21H10BrClF6N4O/c22-11-7-5-10(6-8-11)14-9-15(21(27,28)29)33-18(30-14)16(23)17(32-33)19(34)31-13-4-2-1-3-12(13)20(24,25)26/h1-9H,(H,31,34). The number of nitrogens with one attached hydrogen (secondary N) is 1. The van der Waals surface area contributed by atoms with E-state index in [2.05, 4.69) is 26.0 Å². The second kappa shape index (κ2) is 8.58. The lowest BCUT2D eigenvalue weighted by Gasteiger charge is -2.12. The van der Waals surface area contributed by atoms with Gasteiger partial charge in [0.15, 0.2) is 17.0 Å². The third-order valence-electron chi connectivity index (χ3n) is 4.66. The molecule has 0 saturated heterocycles. The molecule has 0 aliphatic carbocycles. The molecule has 4 rings (SSSR count). The van der Waals surface area contributed by atoms with E-state index in [1.165, 1.54) is 18.2 Å². The number of fused-ring (bicyclic) bond motifs is 1. The van der Waals surface area contributed by atoms with Crippen LogP contribution in [-0.4, -0.2) is 20.5 Å². The van der Waals surface area contributed by atoms with Gasteiger partial charge in [0, 0.05) is 10.0 Å². The van der Waals surface area contributed by atoms with Gasteiger partial charge in [-0.2, -0.15) is 31.4 Å². The molecule has 0 fully saturated rings. The molecule has 0 radical (unpaired) electrons. The summed E-state index contributed by atoms with van der Waals surface area (Å²) < 4.78 is 82.1. The van der Waals surface area contributed by atoms with Crippen LogP contribution in [0, 0.1) is 0 Å². The first kappa shape index (κ1) is 24.0. The van der Waals surface area contributed by atoms with Crippen LogP contribution in [-0.2, 0) is 12.4 Å². The lowest BCUT2D eigenvalue weighted by atomic mass is 10.1. The van der Waals surface area contributed by atoms with E-state index < -0.39 is 51.6 Å². The number of carbonyl (C=O) groups excluding carboxylic acids is 1. The molecule has 2 heterocycles. The molecule has 0 aliphatic rings. The van der Waals surface area contributed by atoms with Crippen molar-refractivity contribution in [1.29, 1.82) is 0 Å². The van der Waals surface area contributed by atoms with Gasteiger partial charge < -0.3 is 5.32 Å². The number of alkyl halides is 6. The maximum absolute atomic E-state index is 13.8. The average molecular weight is 564 g/mol. The largest absolute Gasteiger partial charge is 0.433 e. The van der Waals surface area contributed by atoms with Crippen LogP contribution in [0.25, 0.3) is 16.9 Å². The van der Waals surface area contributed by atoms with E-state index in [1.807, 2.05) is 5.32 Å². The van der Waals surface area contributed by atoms with Crippen LogP contribution in [0.3, 0.4) is 0 Å². The molecular formula is C21H10BrClF6N4O. The Morgan fingerprint density at radius 1 is 0.971 bits per heavy atom. The van der Waals surface area contributed by atoms with E-state index in [0.717, 1.165) is 24.3 Å². The number of rotatable bonds is 3. The Kier molecular flexibility index (Phi) is 6.06. The normalized spacial score (nSPS) is 12.2. The second-order valence-electron chi connectivity index (χ2n) is 6.93. The van der Waals surface area contributed by atoms with Gasteiger partial charge in [-0.25, -0.2) is 9.50 Å². The number of benzene rings is 2. The maximum Gasteiger partial charge on any atom is 0.433 e. The van der Waals surface area contributed by atoms with Gasteiger partial charge in [-0.1, -0.05) is 51.8 Å². The van der Waals surface area contributed by atoms with Crippen LogP contribution in [0.2, 0.25) is 5.02 Å². The van der Waals surface area contributed by atoms with Crippen molar-refractivity contribution < 1.29 is 31.1 Å². The predicted octanol–water partition coefficient (Wildman–Crippen LogP) is 7.10. The van der Waals surface area contributed by atoms with E-state index in [9.17, 15) is 31.1 Å². The summed E-state index contributed by atoms with van der Waals surface area (Å²) in [5.41, 5.74) is -3.98. The molecule has 0 unspecified atom stereocenters. The predicted molar refractivity (Wildman–Crippen MR) is 116 cm³/mol. The highest BCUT2D eigenvalue weighted by Gasteiger charge is 2.37. The molecular weight excluding hydrogens is 554 g/mol. The maximum atomic E-state index is 13.8. The first-order valence-corrected chi connectivity index (χ1v) is 10.4. The highest BCUT2D eigenvalue weighted by molar-refractivity contribution is 9.10. The van der Waals surface area contributed by atoms with Crippen molar-refractivity contribution in [3.63, 3.8) is 0 Å². The van der Waals surface area contributed by atoms with Crippen molar-refractivity contribution in [3.8, 4) is 11.3 Å². The summed E-state index contributed by atoms with van der Waals surface area (Å²) in [6.45, 7) is 0. The van der Waals surface area contributed by atoms with Gasteiger partial charge in [-0.05, 0) is 30.3 Å². The Labute approximate surface area is 200 Å². The minimum atomic E-state index is -4.91. The number of hydrogen-bond donors (Lipinski definition) is 1. The zero-order valence-corrected chi connectivity index (χ0v) is 18.8. The number of hydrogen-bond acceptors (Lipinski definition) is 3. The second-order valence-corrected chi connectivity index (χ2v) is 8.22. The first-order valence-electron chi connectivity index (χ1n) is 9.26. The fraction of sp³-hybridized carbons (Fsp3) is 0.0952. The van der Waals surface area contributed by atoms with E-state index in [-0.39, 0.29) is 5.69 Å². The SMILES string of the molecule is O=C(Nc1ccccc1C(F)(F)F)c1nn2c(C(F)(F)F)cc(-c3ccc(Br)cc3)nc2c1Cl. The van der Waals surface area contributed by atoms with E-state index in [0.29, 0.717) is 14.6 Å². The lowest BCUT2D eigenvalue weighted by molar-refractivity contribution is -0.142. The minimum absolute atomic E-state index is 0.0940. The quantitative estimate of drug-likeness (QED) is 0.271. The fourth-order valence-electron chi connectivity index (χ4n) is 3.13. The summed E-state index contributed by atoms with van der Waals surface area (Å²) >= 11 is 9.38. The summed E-state index contributed by atoms with van der Waals surface area (Å²) in [7, 11) is 0. The number of anilines is 1. The van der Waals surface area contributed by atoms with E-state index in [4.69, 9.17) is 11.6 Å². The van der Waals surface area contributed by atoms with Crippen LogP contribution < -0.4 is 5.32 Å². The summed E-state index contributed by atoms with van der Waals surface area (Å²) in [6, 6.07) is 11.1. The molecule has 0 aliphatic heterocycles. The highest BCUT2D eigenvalue weighted by Crippen LogP contribution is 2.37. The van der Waals surface area contributed by atoms with Gasteiger partial charge in [0.1, 0.15) is 5.02 Å². The van der Waals surface area contributed by atoms with Crippen molar-refractivity contribution in [3.05, 3.63) is 81.0 Å². The van der Waals surface area contributed by atoms with Crippen LogP contribution in [0.4, 0.5) is 32.0 Å². The Hall–Kier alpha value is -3.12. The summed E-state index contributed by atoms with van der Waals surface area (Å²) in [5, 5.41) is 5.08. The molecule has 4 aromatic rings. The third kappa shape index (κ3) is 4.60. The van der Waals surface area contributed by atoms with Gasteiger partial charge in [0.05, 0.1) is 16.9 Å². The third-order valence-corrected chi connectivity index (χ3v) is 5.54. The zero-order valence-electron chi connectivity index (χ0n) is 16.5. The smallest absolute Gasteiger partial charge is 0.320 e. The molecule has 0 atom stereocenters. The Morgan fingerprint density at radius 2 is 1.62 bits per heavy atom. The average Bonchev–Trinajstić information content (AvgIpc) is 3.09. The number of aromatic nitrogens is 3. The van der Waals surface area contributed by atoms with E-state index in [1.54, 1.807) is 12.1 Å². The number of amides is 1. The lowest BCUT2D eigenvalue weighted by Crippen LogP contribution is -2.18. The molecule has 1 N–H and O–H groups in total. The number of halogens is 8. The molecule has 176 valence electrons. The van der Waals surface area contributed by atoms with Crippen LogP contribution in [0.15, 0.2) is 59.1 Å². The summed E-state index contributed by atoms with van der Waals surface area (Å²) in [6.07, 6.45) is -9.69. The van der Waals surface area contributed by atoms with Crippen molar-refractivity contribution >= 4 is 44.8 Å². The Balaban J connectivity index is 1.84. The topological polar surface area (TPSA) is 59.3 Å². The van der Waals surface area contributed by atoms with Crippen molar-refractivity contribution in [2.24, 2.45) is 0 Å². The molecule has 0 spiro atoms. The Bertz CT molecular complexity index is 1400. The molecule has 2 aromatic heterocycles. The highest BCUT2D eigenvalue weighted by atomic mass is 79.9. The van der Waals surface area contributed by atoms with Gasteiger partial charge in [-0.15, -0.1) is 0 Å². The van der Waals surface area contributed by atoms with Gasteiger partial charge in [0.25, 0.3) is 5.91 Å². The molecule has 13 heteroatoms. The molecule has 5 nitrogen and oxygen atoms in total. The summed E-state index contributed by atoms with van der Waals surface area (Å²) in [5.74, 6) is -1.23. The zero-order chi connectivity index (χ0) is 24.8. The van der Waals surface area contributed by atoms with Crippen LogP contribution in [0.5, 0.6) is 0 Å². The van der Waals surface area contributed by atoms with E-state index >= 15 is 0 Å². The first-order chi connectivity index (χ1) is 15.9. The van der Waals surface area contributed by atoms with Gasteiger partial charge in [-0.3, -0.25) is 4.79 Å². The number of para-hydroxylation sites is 1. The molecule has 0 bridgehead atoms. The van der Waals surface area contributed by atoms with Crippen molar-refractivity contribution in [2.45, 2.75) is 12.4 Å². The fourth-order valence-corrected chi connectivity index (χ4v) is 3.64. The molecule has 0 saturated carbocycles. The van der Waals surface area contributed by atoms with Crippen LogP contribution >= 0.6 is 27.5 Å². The Morgan fingerprint density at radius 3 is 2.24 bits per heavy atom. The summed E-state index contributed by atoms with van der Waals surface area (Å²) in [4.78, 5) is 16.8. The van der Waals surface area contributed by atoms with Crippen LogP contribution in [0.1, 0.15) is 21.7 Å². The molecule has 34 heavy (non-hydrogen) atoms. The monoisotopic (exact) mass is 562 g/mol. The van der Waals surface area contributed by atoms with Gasteiger partial charge in [0.2, 0.25) is 0 Å². The number of carbonyl (C=O) groups is 1. The van der Waals surface area contributed by atoms with Gasteiger partial charge >= 0.3 is 12.4 Å². The number of nitrogens with zero attached hydrogens (tertiary/aromatic N) is 3. The van der Waals surface area contributed by atoms with Crippen molar-refractivity contribution in [2.75, 3.05) is 5.32 Å². The van der Waals surface area contributed by atoms with Crippen molar-refractivity contribution in [1.82, 2.24) is 14.6 Å². The molecule has 2 aromatic carbocycles.